The number of carboxylic acid groups (broad SMARTS) is 1. The number of allylic oxidation sites excluding steroid dienone is 2. The molecule has 9 atom stereocenters. The Balaban J connectivity index is 1.65. The highest BCUT2D eigenvalue weighted by Crippen LogP contribution is 2.75. The lowest BCUT2D eigenvalue weighted by Gasteiger charge is -2.70. The molecule has 4 saturated carbocycles. The highest BCUT2D eigenvalue weighted by Gasteiger charge is 2.71. The number of ketones is 2. The van der Waals surface area contributed by atoms with Gasteiger partial charge in [0.25, 0.3) is 0 Å². The molecule has 0 aliphatic heterocycles. The van der Waals surface area contributed by atoms with Crippen molar-refractivity contribution in [3.05, 3.63) is 11.6 Å². The fourth-order valence-electron chi connectivity index (χ4n) is 10.5. The topological polar surface area (TPSA) is 95.2 Å². The van der Waals surface area contributed by atoms with Crippen LogP contribution in [0.2, 0.25) is 0 Å². The normalized spacial score (nSPS) is 51.6. The van der Waals surface area contributed by atoms with E-state index in [1.54, 1.807) is 0 Å². The molecule has 196 valence electrons. The van der Waals surface area contributed by atoms with E-state index in [1.807, 2.05) is 26.8 Å². The summed E-state index contributed by atoms with van der Waals surface area (Å²) in [6, 6.07) is 2.29. The van der Waals surface area contributed by atoms with Crippen molar-refractivity contribution in [2.45, 2.75) is 99.8 Å². The Morgan fingerprint density at radius 3 is 2.22 bits per heavy atom. The molecule has 1 unspecified atom stereocenters. The lowest BCUT2D eigenvalue weighted by atomic mass is 9.33. The van der Waals surface area contributed by atoms with Gasteiger partial charge in [0.2, 0.25) is 0 Å². The first-order chi connectivity index (χ1) is 16.5. The van der Waals surface area contributed by atoms with Gasteiger partial charge in [-0.15, -0.1) is 0 Å². The van der Waals surface area contributed by atoms with Crippen LogP contribution in [0.15, 0.2) is 11.6 Å². The quantitative estimate of drug-likeness (QED) is 0.458. The SMILES string of the molecule is CC1(C(=O)O)CC[C@]2(C)CC[C@]3(C)C(=CC(=O)[C@@H]4[C@@]5(C)C[C@@H](C#N)C(=O)C(C)(C)[C@@H]5CC[C@]43C)[C@@H]2C1. The molecule has 1 N–H and O–H groups in total. The van der Waals surface area contributed by atoms with Crippen LogP contribution in [0.4, 0.5) is 0 Å². The summed E-state index contributed by atoms with van der Waals surface area (Å²) in [4.78, 5) is 39.8. The number of nitrogens with zero attached hydrogens (tertiary/aromatic N) is 1. The number of fused-ring (bicyclic) bond motifs is 7. The van der Waals surface area contributed by atoms with E-state index in [0.717, 1.165) is 32.1 Å². The van der Waals surface area contributed by atoms with Crippen molar-refractivity contribution in [2.75, 3.05) is 0 Å². The zero-order valence-electron chi connectivity index (χ0n) is 23.2. The Hall–Kier alpha value is -1.96. The number of rotatable bonds is 1. The Labute approximate surface area is 216 Å². The van der Waals surface area contributed by atoms with Gasteiger partial charge < -0.3 is 5.11 Å². The van der Waals surface area contributed by atoms with Crippen LogP contribution in [0.5, 0.6) is 0 Å². The fourth-order valence-corrected chi connectivity index (χ4v) is 10.5. The fraction of sp³-hybridized carbons (Fsp3) is 0.806. The van der Waals surface area contributed by atoms with Gasteiger partial charge in [-0.05, 0) is 97.9 Å². The third-order valence-electron chi connectivity index (χ3n) is 13.0. The Morgan fingerprint density at radius 2 is 1.61 bits per heavy atom. The summed E-state index contributed by atoms with van der Waals surface area (Å²) in [5.41, 5.74) is -1.08. The largest absolute Gasteiger partial charge is 0.481 e. The van der Waals surface area contributed by atoms with Crippen molar-refractivity contribution in [2.24, 2.45) is 56.2 Å². The molecule has 0 spiro atoms. The number of carbonyl (C=O) groups is 3. The number of aliphatic carboxylic acids is 1. The van der Waals surface area contributed by atoms with Crippen LogP contribution >= 0.6 is 0 Å². The molecule has 5 heteroatoms. The summed E-state index contributed by atoms with van der Waals surface area (Å²) in [5.74, 6) is -1.29. The zero-order chi connectivity index (χ0) is 26.7. The number of carbonyl (C=O) groups excluding carboxylic acids is 2. The van der Waals surface area contributed by atoms with Gasteiger partial charge in [0, 0.05) is 11.3 Å². The number of Topliss-reactive ketones (excluding diaryl/α,β-unsaturated/α-hetero) is 1. The van der Waals surface area contributed by atoms with Crippen LogP contribution in [-0.2, 0) is 14.4 Å². The highest BCUT2D eigenvalue weighted by molar-refractivity contribution is 5.97. The number of carboxylic acids is 1. The summed E-state index contributed by atoms with van der Waals surface area (Å²) in [7, 11) is 0. The van der Waals surface area contributed by atoms with E-state index in [4.69, 9.17) is 0 Å². The van der Waals surface area contributed by atoms with Crippen molar-refractivity contribution in [3.8, 4) is 6.07 Å². The van der Waals surface area contributed by atoms with Crippen molar-refractivity contribution in [1.82, 2.24) is 0 Å². The first-order valence-electron chi connectivity index (χ1n) is 13.9. The van der Waals surface area contributed by atoms with Crippen LogP contribution in [-0.4, -0.2) is 22.6 Å². The maximum absolute atomic E-state index is 14.3. The van der Waals surface area contributed by atoms with Gasteiger partial charge >= 0.3 is 5.97 Å². The molecule has 0 bridgehead atoms. The predicted molar refractivity (Wildman–Crippen MR) is 137 cm³/mol. The molecular weight excluding hydrogens is 450 g/mol. The Kier molecular flexibility index (Phi) is 5.23. The third-order valence-corrected chi connectivity index (χ3v) is 13.0. The van der Waals surface area contributed by atoms with E-state index >= 15 is 0 Å². The van der Waals surface area contributed by atoms with Crippen LogP contribution in [0.1, 0.15) is 99.8 Å². The maximum Gasteiger partial charge on any atom is 0.309 e. The molecule has 0 aromatic carbocycles. The number of hydrogen-bond donors (Lipinski definition) is 1. The molecule has 5 aliphatic carbocycles. The van der Waals surface area contributed by atoms with E-state index in [2.05, 4.69) is 33.8 Å². The standard InChI is InChI=1S/C31H43NO4/c1-26(2)22-8-9-31(7)23(29(22,5)15-18(17-32)24(26)34)21(33)14-19-20-16-28(4,25(35)36)11-10-27(20,3)12-13-30(19,31)6/h14,18,20,22-23H,8-13,15-16H2,1-7H3,(H,35,36)/t18-,20-,22-,23+,27+,28?,29-,30+,31+/m0/s1. The number of nitriles is 1. The molecule has 0 saturated heterocycles. The monoisotopic (exact) mass is 493 g/mol. The van der Waals surface area contributed by atoms with Crippen molar-refractivity contribution < 1.29 is 19.5 Å². The van der Waals surface area contributed by atoms with Crippen LogP contribution in [0.3, 0.4) is 0 Å². The van der Waals surface area contributed by atoms with Gasteiger partial charge in [0.05, 0.1) is 11.5 Å². The lowest BCUT2D eigenvalue weighted by Crippen LogP contribution is -2.67. The third kappa shape index (κ3) is 2.91. The average molecular weight is 494 g/mol. The minimum Gasteiger partial charge on any atom is -0.481 e. The van der Waals surface area contributed by atoms with Gasteiger partial charge in [0.15, 0.2) is 11.6 Å². The molecule has 0 aromatic rings. The van der Waals surface area contributed by atoms with Crippen LogP contribution < -0.4 is 0 Å². The molecule has 0 heterocycles. The van der Waals surface area contributed by atoms with Crippen LogP contribution in [0, 0.1) is 67.5 Å². The van der Waals surface area contributed by atoms with Crippen molar-refractivity contribution >= 4 is 17.5 Å². The van der Waals surface area contributed by atoms with E-state index in [9.17, 15) is 24.8 Å². The van der Waals surface area contributed by atoms with Gasteiger partial charge in [-0.2, -0.15) is 5.26 Å². The number of hydrogen-bond acceptors (Lipinski definition) is 4. The van der Waals surface area contributed by atoms with E-state index < -0.39 is 28.1 Å². The van der Waals surface area contributed by atoms with Gasteiger partial charge in [0.1, 0.15) is 5.92 Å². The molecule has 0 radical (unpaired) electrons. The summed E-state index contributed by atoms with van der Waals surface area (Å²) in [6.07, 6.45) is 8.35. The lowest BCUT2D eigenvalue weighted by molar-refractivity contribution is -0.191. The second-order valence-electron chi connectivity index (χ2n) is 15.0. The van der Waals surface area contributed by atoms with Gasteiger partial charge in [-0.25, -0.2) is 0 Å². The molecule has 0 amide bonds. The van der Waals surface area contributed by atoms with Crippen molar-refractivity contribution in [3.63, 3.8) is 0 Å². The smallest absolute Gasteiger partial charge is 0.309 e. The summed E-state index contributed by atoms with van der Waals surface area (Å²) in [5, 5.41) is 20.0. The molecule has 0 aromatic heterocycles. The molecule has 4 fully saturated rings. The predicted octanol–water partition coefficient (Wildman–Crippen LogP) is 6.37. The summed E-state index contributed by atoms with van der Waals surface area (Å²) in [6.45, 7) is 15.0. The minimum atomic E-state index is -0.762. The highest BCUT2D eigenvalue weighted by atomic mass is 16.4. The van der Waals surface area contributed by atoms with E-state index in [1.165, 1.54) is 5.57 Å². The Morgan fingerprint density at radius 1 is 0.972 bits per heavy atom. The minimum absolute atomic E-state index is 0.0238. The molecule has 36 heavy (non-hydrogen) atoms. The molecule has 5 nitrogen and oxygen atoms in total. The summed E-state index contributed by atoms with van der Waals surface area (Å²) < 4.78 is 0. The van der Waals surface area contributed by atoms with Crippen molar-refractivity contribution in [1.29, 1.82) is 5.26 Å². The zero-order valence-corrected chi connectivity index (χ0v) is 23.2. The second-order valence-corrected chi connectivity index (χ2v) is 15.0. The Bertz CT molecular complexity index is 1130. The molecular formula is C31H43NO4. The molecule has 5 rings (SSSR count). The van der Waals surface area contributed by atoms with Gasteiger partial charge in [-0.3, -0.25) is 14.4 Å². The van der Waals surface area contributed by atoms with E-state index in [-0.39, 0.29) is 45.6 Å². The maximum atomic E-state index is 14.3. The first kappa shape index (κ1) is 25.7. The first-order valence-corrected chi connectivity index (χ1v) is 13.9. The van der Waals surface area contributed by atoms with E-state index in [0.29, 0.717) is 19.3 Å². The van der Waals surface area contributed by atoms with Gasteiger partial charge in [-0.1, -0.05) is 47.1 Å². The summed E-state index contributed by atoms with van der Waals surface area (Å²) >= 11 is 0. The van der Waals surface area contributed by atoms with Crippen LogP contribution in [0.25, 0.3) is 0 Å². The molecule has 5 aliphatic rings. The average Bonchev–Trinajstić information content (AvgIpc) is 2.78. The second kappa shape index (κ2) is 7.33.